The minimum atomic E-state index is -0.449. The first-order valence-electron chi connectivity index (χ1n) is 7.94. The third-order valence-electron chi connectivity index (χ3n) is 3.90. The summed E-state index contributed by atoms with van der Waals surface area (Å²) in [4.78, 5) is 25.7. The van der Waals surface area contributed by atoms with E-state index in [1.165, 1.54) is 0 Å². The van der Waals surface area contributed by atoms with E-state index < -0.39 is 6.04 Å². The van der Waals surface area contributed by atoms with Crippen molar-refractivity contribution >= 4 is 29.1 Å². The molecule has 0 radical (unpaired) electrons. The molecule has 7 nitrogen and oxygen atoms in total. The van der Waals surface area contributed by atoms with E-state index in [1.54, 1.807) is 24.8 Å². The largest absolute Gasteiger partial charge is 0.374 e. The lowest BCUT2D eigenvalue weighted by Crippen LogP contribution is -2.31. The van der Waals surface area contributed by atoms with Crippen LogP contribution in [0.15, 0.2) is 34.9 Å². The van der Waals surface area contributed by atoms with Gasteiger partial charge in [-0.05, 0) is 44.5 Å². The van der Waals surface area contributed by atoms with Gasteiger partial charge in [-0.25, -0.2) is 0 Å². The fourth-order valence-electron chi connectivity index (χ4n) is 2.63. The molecule has 1 fully saturated rings. The number of nitrogens with zero attached hydrogens (tertiary/aromatic N) is 2. The Balaban J connectivity index is 1.58. The maximum Gasteiger partial charge on any atom is 0.248 e. The summed E-state index contributed by atoms with van der Waals surface area (Å²) < 4.78 is 4.97. The van der Waals surface area contributed by atoms with Crippen LogP contribution in [0.2, 0.25) is 0 Å². The molecule has 1 saturated heterocycles. The Morgan fingerprint density at radius 3 is 2.67 bits per heavy atom. The third-order valence-corrected chi connectivity index (χ3v) is 3.90. The molecule has 0 unspecified atom stereocenters. The summed E-state index contributed by atoms with van der Waals surface area (Å²) in [6.45, 7) is 4.31. The average molecular weight is 328 g/mol. The maximum absolute atomic E-state index is 12.1. The first-order chi connectivity index (χ1) is 11.5. The zero-order valence-corrected chi connectivity index (χ0v) is 13.7. The molecule has 7 heteroatoms. The molecular weight excluding hydrogens is 308 g/mol. The number of aryl methyl sites for hydroxylation is 1. The second kappa shape index (κ2) is 6.74. The predicted molar refractivity (Wildman–Crippen MR) is 91.0 cm³/mol. The summed E-state index contributed by atoms with van der Waals surface area (Å²) >= 11 is 0. The molecule has 3 rings (SSSR count). The van der Waals surface area contributed by atoms with Gasteiger partial charge in [0, 0.05) is 30.4 Å². The summed E-state index contributed by atoms with van der Waals surface area (Å²) in [5.41, 5.74) is 2.40. The van der Waals surface area contributed by atoms with Gasteiger partial charge in [0.2, 0.25) is 17.7 Å². The highest BCUT2D eigenvalue weighted by atomic mass is 16.5. The van der Waals surface area contributed by atoms with Crippen molar-refractivity contribution < 1.29 is 14.1 Å². The molecule has 1 atom stereocenters. The van der Waals surface area contributed by atoms with Gasteiger partial charge in [0.15, 0.2) is 0 Å². The SMILES string of the molecule is Cc1cc(NC(=O)[C@@H](C)Nc2ccc(N3CCCC3=O)cc2)on1. The highest BCUT2D eigenvalue weighted by molar-refractivity contribution is 5.96. The Morgan fingerprint density at radius 2 is 2.08 bits per heavy atom. The molecule has 24 heavy (non-hydrogen) atoms. The van der Waals surface area contributed by atoms with Crippen molar-refractivity contribution in [2.45, 2.75) is 32.7 Å². The zero-order valence-electron chi connectivity index (χ0n) is 13.7. The van der Waals surface area contributed by atoms with Crippen molar-refractivity contribution in [1.29, 1.82) is 0 Å². The molecule has 1 aliphatic rings. The van der Waals surface area contributed by atoms with E-state index in [1.807, 2.05) is 24.3 Å². The van der Waals surface area contributed by atoms with Crippen molar-refractivity contribution in [3.63, 3.8) is 0 Å². The van der Waals surface area contributed by atoms with E-state index in [0.29, 0.717) is 18.0 Å². The Morgan fingerprint density at radius 1 is 1.33 bits per heavy atom. The van der Waals surface area contributed by atoms with Crippen LogP contribution in [0.25, 0.3) is 0 Å². The highest BCUT2D eigenvalue weighted by Crippen LogP contribution is 2.23. The molecule has 0 saturated carbocycles. The standard InChI is InChI=1S/C17H20N4O3/c1-11-10-15(24-20-11)19-17(23)12(2)18-13-5-7-14(8-6-13)21-9-3-4-16(21)22/h5-8,10,12,18H,3-4,9H2,1-2H3,(H,19,23)/t12-/m1/s1. The molecule has 0 spiro atoms. The monoisotopic (exact) mass is 328 g/mol. The zero-order chi connectivity index (χ0) is 17.1. The van der Waals surface area contributed by atoms with E-state index in [4.69, 9.17) is 4.52 Å². The molecule has 1 aromatic heterocycles. The van der Waals surface area contributed by atoms with E-state index in [9.17, 15) is 9.59 Å². The van der Waals surface area contributed by atoms with Crippen molar-refractivity contribution in [1.82, 2.24) is 5.16 Å². The normalized spacial score (nSPS) is 15.4. The number of carbonyl (C=O) groups excluding carboxylic acids is 2. The number of aromatic nitrogens is 1. The van der Waals surface area contributed by atoms with E-state index >= 15 is 0 Å². The van der Waals surface area contributed by atoms with Crippen LogP contribution in [0.4, 0.5) is 17.3 Å². The van der Waals surface area contributed by atoms with Gasteiger partial charge in [-0.2, -0.15) is 0 Å². The van der Waals surface area contributed by atoms with Crippen LogP contribution in [0.3, 0.4) is 0 Å². The first kappa shape index (κ1) is 16.0. The smallest absolute Gasteiger partial charge is 0.248 e. The number of hydrogen-bond donors (Lipinski definition) is 2. The summed E-state index contributed by atoms with van der Waals surface area (Å²) in [7, 11) is 0. The van der Waals surface area contributed by atoms with Gasteiger partial charge in [0.25, 0.3) is 0 Å². The van der Waals surface area contributed by atoms with Crippen molar-refractivity contribution in [2.75, 3.05) is 22.1 Å². The third kappa shape index (κ3) is 3.56. The number of nitrogens with one attached hydrogen (secondary N) is 2. The number of amides is 2. The van der Waals surface area contributed by atoms with Gasteiger partial charge in [-0.15, -0.1) is 0 Å². The lowest BCUT2D eigenvalue weighted by molar-refractivity contribution is -0.117. The summed E-state index contributed by atoms with van der Waals surface area (Å²) in [6.07, 6.45) is 1.51. The van der Waals surface area contributed by atoms with Crippen LogP contribution in [0.5, 0.6) is 0 Å². The Labute approximate surface area is 140 Å². The van der Waals surface area contributed by atoms with Gasteiger partial charge in [-0.3, -0.25) is 14.9 Å². The van der Waals surface area contributed by atoms with Gasteiger partial charge < -0.3 is 14.7 Å². The molecule has 2 aromatic rings. The van der Waals surface area contributed by atoms with Crippen molar-refractivity contribution in [3.05, 3.63) is 36.0 Å². The molecule has 1 aromatic carbocycles. The minimum Gasteiger partial charge on any atom is -0.374 e. The molecule has 2 heterocycles. The quantitative estimate of drug-likeness (QED) is 0.881. The summed E-state index contributed by atoms with van der Waals surface area (Å²) in [6, 6.07) is 8.71. The molecule has 126 valence electrons. The Kier molecular flexibility index (Phi) is 4.50. The second-order valence-corrected chi connectivity index (χ2v) is 5.88. The van der Waals surface area contributed by atoms with E-state index in [0.717, 1.165) is 24.3 Å². The van der Waals surface area contributed by atoms with Crippen LogP contribution in [0.1, 0.15) is 25.5 Å². The molecular formula is C17H20N4O3. The van der Waals surface area contributed by atoms with E-state index in [-0.39, 0.29) is 11.8 Å². The molecule has 0 bridgehead atoms. The second-order valence-electron chi connectivity index (χ2n) is 5.88. The van der Waals surface area contributed by atoms with E-state index in [2.05, 4.69) is 15.8 Å². The summed E-state index contributed by atoms with van der Waals surface area (Å²) in [5, 5.41) is 9.51. The van der Waals surface area contributed by atoms with Crippen LogP contribution < -0.4 is 15.5 Å². The van der Waals surface area contributed by atoms with Crippen LogP contribution >= 0.6 is 0 Å². The van der Waals surface area contributed by atoms with Gasteiger partial charge in [0.05, 0.1) is 5.69 Å². The van der Waals surface area contributed by atoms with Gasteiger partial charge in [0.1, 0.15) is 6.04 Å². The fourth-order valence-corrected chi connectivity index (χ4v) is 2.63. The lowest BCUT2D eigenvalue weighted by Gasteiger charge is -2.18. The molecule has 0 aliphatic carbocycles. The Hall–Kier alpha value is -2.83. The summed E-state index contributed by atoms with van der Waals surface area (Å²) in [5.74, 6) is 0.268. The van der Waals surface area contributed by atoms with Gasteiger partial charge >= 0.3 is 0 Å². The average Bonchev–Trinajstić information content (AvgIpc) is 3.16. The van der Waals surface area contributed by atoms with Crippen LogP contribution in [-0.2, 0) is 9.59 Å². The van der Waals surface area contributed by atoms with Crippen LogP contribution in [-0.4, -0.2) is 29.6 Å². The van der Waals surface area contributed by atoms with Crippen LogP contribution in [0, 0.1) is 6.92 Å². The number of anilines is 3. The highest BCUT2D eigenvalue weighted by Gasteiger charge is 2.21. The lowest BCUT2D eigenvalue weighted by atomic mass is 10.2. The van der Waals surface area contributed by atoms with Gasteiger partial charge in [-0.1, -0.05) is 5.16 Å². The molecule has 1 aliphatic heterocycles. The maximum atomic E-state index is 12.1. The number of rotatable bonds is 5. The number of benzene rings is 1. The van der Waals surface area contributed by atoms with Crippen molar-refractivity contribution in [2.24, 2.45) is 0 Å². The first-order valence-corrected chi connectivity index (χ1v) is 7.94. The van der Waals surface area contributed by atoms with Crippen molar-refractivity contribution in [3.8, 4) is 0 Å². The molecule has 2 N–H and O–H groups in total. The molecule has 2 amide bonds. The minimum absolute atomic E-state index is 0.158. The Bertz CT molecular complexity index is 739. The fraction of sp³-hybridized carbons (Fsp3) is 0.353. The number of carbonyl (C=O) groups is 2. The topological polar surface area (TPSA) is 87.5 Å². The predicted octanol–water partition coefficient (Wildman–Crippen LogP) is 2.55. The number of hydrogen-bond acceptors (Lipinski definition) is 5.